The quantitative estimate of drug-likeness (QED) is 0.637. The SMILES string of the molecule is C[C@H]1[C@@H](c2ccccc2)OC[NH+]1[O-]. The van der Waals surface area contributed by atoms with Crippen LogP contribution in [0.15, 0.2) is 30.3 Å². The van der Waals surface area contributed by atoms with Gasteiger partial charge in [-0.1, -0.05) is 30.3 Å². The van der Waals surface area contributed by atoms with Crippen LogP contribution in [0.2, 0.25) is 0 Å². The number of hydrogen-bond donors (Lipinski definition) is 1. The van der Waals surface area contributed by atoms with E-state index in [-0.39, 0.29) is 23.9 Å². The van der Waals surface area contributed by atoms with Gasteiger partial charge in [-0.2, -0.15) is 0 Å². The Morgan fingerprint density at radius 1 is 1.38 bits per heavy atom. The number of hydrogen-bond acceptors (Lipinski definition) is 2. The molecule has 2 rings (SSSR count). The van der Waals surface area contributed by atoms with Crippen LogP contribution >= 0.6 is 0 Å². The van der Waals surface area contributed by atoms with Crippen molar-refractivity contribution >= 4 is 0 Å². The number of quaternary nitrogens is 1. The minimum Gasteiger partial charge on any atom is -0.632 e. The lowest BCUT2D eigenvalue weighted by molar-refractivity contribution is -0.868. The van der Waals surface area contributed by atoms with E-state index < -0.39 is 0 Å². The predicted molar refractivity (Wildman–Crippen MR) is 48.9 cm³/mol. The third kappa shape index (κ3) is 1.58. The maximum Gasteiger partial charge on any atom is 0.182 e. The average molecular weight is 179 g/mol. The second-order valence-corrected chi connectivity index (χ2v) is 3.40. The van der Waals surface area contributed by atoms with E-state index in [4.69, 9.17) is 4.74 Å². The van der Waals surface area contributed by atoms with Gasteiger partial charge in [-0.15, -0.1) is 0 Å². The van der Waals surface area contributed by atoms with Crippen molar-refractivity contribution in [1.82, 2.24) is 0 Å². The summed E-state index contributed by atoms with van der Waals surface area (Å²) in [5.74, 6) is 0. The molecule has 1 heterocycles. The molecule has 0 aromatic heterocycles. The summed E-state index contributed by atoms with van der Waals surface area (Å²) in [5.41, 5.74) is 1.10. The minimum atomic E-state index is -0.0336. The fourth-order valence-electron chi connectivity index (χ4n) is 1.64. The molecule has 3 heteroatoms. The van der Waals surface area contributed by atoms with Crippen LogP contribution in [0.4, 0.5) is 0 Å². The lowest BCUT2D eigenvalue weighted by atomic mass is 10.0. The highest BCUT2D eigenvalue weighted by Gasteiger charge is 2.31. The molecule has 1 N–H and O–H groups in total. The molecule has 0 aliphatic carbocycles. The number of benzene rings is 1. The largest absolute Gasteiger partial charge is 0.632 e. The molecule has 1 fully saturated rings. The molecule has 3 nitrogen and oxygen atoms in total. The normalized spacial score (nSPS) is 33.5. The third-order valence-corrected chi connectivity index (χ3v) is 2.50. The van der Waals surface area contributed by atoms with Gasteiger partial charge >= 0.3 is 0 Å². The fourth-order valence-corrected chi connectivity index (χ4v) is 1.64. The Kier molecular flexibility index (Phi) is 2.31. The molecule has 1 aromatic carbocycles. The number of ether oxygens (including phenoxy) is 1. The molecule has 1 aliphatic heterocycles. The zero-order chi connectivity index (χ0) is 9.26. The van der Waals surface area contributed by atoms with Crippen molar-refractivity contribution in [1.29, 1.82) is 0 Å². The molecular weight excluding hydrogens is 166 g/mol. The summed E-state index contributed by atoms with van der Waals surface area (Å²) >= 11 is 0. The standard InChI is InChI=1S/C10H13NO2/c1-8-10(13-7-11(8)12)9-5-3-2-4-6-9/h2-6,8,10-11H,7H2,1H3/t8-,10-/m0/s1. The second kappa shape index (κ2) is 3.46. The molecule has 0 spiro atoms. The van der Waals surface area contributed by atoms with Gasteiger partial charge in [-0.05, 0) is 12.5 Å². The Balaban J connectivity index is 2.19. The van der Waals surface area contributed by atoms with E-state index in [1.807, 2.05) is 37.3 Å². The lowest BCUT2D eigenvalue weighted by Gasteiger charge is -2.20. The van der Waals surface area contributed by atoms with Gasteiger partial charge in [0.25, 0.3) is 0 Å². The molecule has 1 aromatic rings. The van der Waals surface area contributed by atoms with Gasteiger partial charge in [0.2, 0.25) is 0 Å². The Hall–Kier alpha value is -0.900. The van der Waals surface area contributed by atoms with E-state index in [2.05, 4.69) is 0 Å². The maximum atomic E-state index is 11.2. The molecule has 0 saturated carbocycles. The molecule has 1 aliphatic rings. The van der Waals surface area contributed by atoms with E-state index in [1.54, 1.807) is 0 Å². The van der Waals surface area contributed by atoms with E-state index in [9.17, 15) is 5.21 Å². The van der Waals surface area contributed by atoms with Crippen LogP contribution in [0.1, 0.15) is 18.6 Å². The zero-order valence-corrected chi connectivity index (χ0v) is 7.57. The van der Waals surface area contributed by atoms with Crippen molar-refractivity contribution in [3.8, 4) is 0 Å². The highest BCUT2D eigenvalue weighted by atomic mass is 16.6. The number of hydroxylamine groups is 2. The maximum absolute atomic E-state index is 11.2. The first-order valence-corrected chi connectivity index (χ1v) is 4.48. The monoisotopic (exact) mass is 179 g/mol. The Morgan fingerprint density at radius 2 is 2.08 bits per heavy atom. The van der Waals surface area contributed by atoms with Gasteiger partial charge in [-0.3, -0.25) is 0 Å². The second-order valence-electron chi connectivity index (χ2n) is 3.40. The molecule has 0 amide bonds. The van der Waals surface area contributed by atoms with Crippen molar-refractivity contribution in [3.63, 3.8) is 0 Å². The first-order valence-electron chi connectivity index (χ1n) is 4.48. The highest BCUT2D eigenvalue weighted by Crippen LogP contribution is 2.21. The lowest BCUT2D eigenvalue weighted by Crippen LogP contribution is -3.08. The van der Waals surface area contributed by atoms with Crippen LogP contribution in [0, 0.1) is 5.21 Å². The van der Waals surface area contributed by atoms with Crippen LogP contribution in [0.25, 0.3) is 0 Å². The first-order chi connectivity index (χ1) is 6.29. The van der Waals surface area contributed by atoms with E-state index in [0.717, 1.165) is 5.56 Å². The van der Waals surface area contributed by atoms with Crippen molar-refractivity contribution in [2.75, 3.05) is 6.73 Å². The van der Waals surface area contributed by atoms with Gasteiger partial charge in [0.15, 0.2) is 6.73 Å². The Bertz CT molecular complexity index is 276. The molecule has 1 saturated heterocycles. The van der Waals surface area contributed by atoms with Crippen LogP contribution < -0.4 is 5.06 Å². The number of nitrogens with one attached hydrogen (secondary N) is 1. The van der Waals surface area contributed by atoms with E-state index >= 15 is 0 Å². The van der Waals surface area contributed by atoms with E-state index in [0.29, 0.717) is 0 Å². The average Bonchev–Trinajstić information content (AvgIpc) is 2.49. The van der Waals surface area contributed by atoms with Crippen LogP contribution in [0.3, 0.4) is 0 Å². The fraction of sp³-hybridized carbons (Fsp3) is 0.400. The number of rotatable bonds is 1. The molecular formula is C10H13NO2. The summed E-state index contributed by atoms with van der Waals surface area (Å²) in [6.45, 7) is 2.19. The molecule has 0 bridgehead atoms. The van der Waals surface area contributed by atoms with Gasteiger partial charge in [-0.25, -0.2) is 0 Å². The minimum absolute atomic E-state index is 0.00222. The topological polar surface area (TPSA) is 36.7 Å². The summed E-state index contributed by atoms with van der Waals surface area (Å²) < 4.78 is 5.41. The molecule has 0 radical (unpaired) electrons. The van der Waals surface area contributed by atoms with Gasteiger partial charge in [0, 0.05) is 0 Å². The molecule has 13 heavy (non-hydrogen) atoms. The Morgan fingerprint density at radius 3 is 2.62 bits per heavy atom. The van der Waals surface area contributed by atoms with Gasteiger partial charge in [0.1, 0.15) is 12.1 Å². The first kappa shape index (κ1) is 8.69. The van der Waals surface area contributed by atoms with Crippen LogP contribution in [-0.4, -0.2) is 12.8 Å². The molecule has 3 atom stereocenters. The highest BCUT2D eigenvalue weighted by molar-refractivity contribution is 5.18. The third-order valence-electron chi connectivity index (χ3n) is 2.50. The summed E-state index contributed by atoms with van der Waals surface area (Å²) in [6.07, 6.45) is -0.0336. The molecule has 70 valence electrons. The van der Waals surface area contributed by atoms with Crippen LogP contribution in [0.5, 0.6) is 0 Å². The van der Waals surface area contributed by atoms with E-state index in [1.165, 1.54) is 0 Å². The van der Waals surface area contributed by atoms with Gasteiger partial charge in [0.05, 0.1) is 0 Å². The summed E-state index contributed by atoms with van der Waals surface area (Å²) in [7, 11) is 0. The van der Waals surface area contributed by atoms with Crippen molar-refractivity contribution in [3.05, 3.63) is 41.1 Å². The Labute approximate surface area is 77.5 Å². The van der Waals surface area contributed by atoms with Crippen molar-refractivity contribution in [2.45, 2.75) is 19.1 Å². The van der Waals surface area contributed by atoms with Crippen molar-refractivity contribution in [2.24, 2.45) is 0 Å². The summed E-state index contributed by atoms with van der Waals surface area (Å²) in [6, 6.07) is 9.90. The summed E-state index contributed by atoms with van der Waals surface area (Å²) in [4.78, 5) is 0. The zero-order valence-electron chi connectivity index (χ0n) is 7.57. The summed E-state index contributed by atoms with van der Waals surface area (Å²) in [5, 5.41) is 11.4. The smallest absolute Gasteiger partial charge is 0.182 e. The van der Waals surface area contributed by atoms with Crippen molar-refractivity contribution < 1.29 is 9.80 Å². The predicted octanol–water partition coefficient (Wildman–Crippen LogP) is 0.487. The molecule has 1 unspecified atom stereocenters. The van der Waals surface area contributed by atoms with Crippen LogP contribution in [-0.2, 0) is 4.74 Å². The van der Waals surface area contributed by atoms with Gasteiger partial charge < -0.3 is 15.0 Å².